The Morgan fingerprint density at radius 1 is 1.42 bits per heavy atom. The molecule has 0 radical (unpaired) electrons. The number of hydrogen-bond acceptors (Lipinski definition) is 5. The number of rotatable bonds is 4. The summed E-state index contributed by atoms with van der Waals surface area (Å²) in [5, 5.41) is 13.1. The highest BCUT2D eigenvalue weighted by Gasteiger charge is 2.30. The first-order valence-corrected chi connectivity index (χ1v) is 7.62. The summed E-state index contributed by atoms with van der Waals surface area (Å²) in [5.41, 5.74) is 2.25. The van der Waals surface area contributed by atoms with E-state index in [4.69, 9.17) is 9.84 Å². The Hall–Kier alpha value is -2.74. The van der Waals surface area contributed by atoms with Gasteiger partial charge in [0.2, 0.25) is 0 Å². The third kappa shape index (κ3) is 3.28. The average molecular weight is 330 g/mol. The summed E-state index contributed by atoms with van der Waals surface area (Å²) in [6, 6.07) is 4.87. The molecule has 0 spiro atoms. The molecular weight excluding hydrogens is 312 g/mol. The van der Waals surface area contributed by atoms with Gasteiger partial charge in [0, 0.05) is 12.1 Å². The van der Waals surface area contributed by atoms with E-state index in [9.17, 15) is 9.59 Å². The van der Waals surface area contributed by atoms with Crippen LogP contribution in [0, 0.1) is 6.92 Å². The topological polar surface area (TPSA) is 97.6 Å². The van der Waals surface area contributed by atoms with E-state index in [0.29, 0.717) is 18.7 Å². The number of aliphatic carboxylic acids is 1. The molecule has 2 heterocycles. The first-order valence-electron chi connectivity index (χ1n) is 7.62. The predicted octanol–water partition coefficient (Wildman–Crippen LogP) is 0.891. The number of amides is 1. The summed E-state index contributed by atoms with van der Waals surface area (Å²) < 4.78 is 6.95. The molecule has 1 aromatic carbocycles. The molecule has 126 valence electrons. The molecule has 8 heteroatoms. The molecule has 24 heavy (non-hydrogen) atoms. The number of aromatic nitrogens is 3. The van der Waals surface area contributed by atoms with Crippen LogP contribution in [0.5, 0.6) is 0 Å². The van der Waals surface area contributed by atoms with Gasteiger partial charge in [-0.2, -0.15) is 5.10 Å². The van der Waals surface area contributed by atoms with Crippen LogP contribution in [-0.4, -0.2) is 62.4 Å². The smallest absolute Gasteiger partial charge is 0.305 e. The van der Waals surface area contributed by atoms with Gasteiger partial charge in [-0.05, 0) is 30.7 Å². The second kappa shape index (κ2) is 6.79. The fourth-order valence-corrected chi connectivity index (χ4v) is 2.84. The molecule has 8 nitrogen and oxygen atoms in total. The lowest BCUT2D eigenvalue weighted by Crippen LogP contribution is -2.49. The zero-order chi connectivity index (χ0) is 17.1. The summed E-state index contributed by atoms with van der Waals surface area (Å²) in [7, 11) is 0. The highest BCUT2D eigenvalue weighted by atomic mass is 16.5. The summed E-state index contributed by atoms with van der Waals surface area (Å²) >= 11 is 0. The van der Waals surface area contributed by atoms with Crippen molar-refractivity contribution in [3.05, 3.63) is 42.0 Å². The predicted molar refractivity (Wildman–Crippen MR) is 84.0 cm³/mol. The number of aryl methyl sites for hydroxylation is 1. The molecule has 1 atom stereocenters. The van der Waals surface area contributed by atoms with Crippen LogP contribution < -0.4 is 0 Å². The fourth-order valence-electron chi connectivity index (χ4n) is 2.84. The van der Waals surface area contributed by atoms with Gasteiger partial charge in [0.05, 0.1) is 31.4 Å². The van der Waals surface area contributed by atoms with Gasteiger partial charge in [-0.1, -0.05) is 0 Å². The average Bonchev–Trinajstić information content (AvgIpc) is 3.08. The van der Waals surface area contributed by atoms with E-state index in [1.54, 1.807) is 28.0 Å². The van der Waals surface area contributed by atoms with E-state index in [1.165, 1.54) is 6.33 Å². The van der Waals surface area contributed by atoms with Crippen LogP contribution in [0.25, 0.3) is 5.69 Å². The Morgan fingerprint density at radius 3 is 2.92 bits per heavy atom. The van der Waals surface area contributed by atoms with Crippen molar-refractivity contribution >= 4 is 11.9 Å². The number of benzene rings is 1. The number of carbonyl (C=O) groups is 2. The van der Waals surface area contributed by atoms with E-state index < -0.39 is 12.0 Å². The summed E-state index contributed by atoms with van der Waals surface area (Å²) in [6.07, 6.45) is 2.92. The third-order valence-electron chi connectivity index (χ3n) is 4.01. The maximum atomic E-state index is 12.8. The lowest BCUT2D eigenvalue weighted by Gasteiger charge is -2.35. The standard InChI is InChI=1S/C16H18N4O4/c1-11-6-12(2-3-14(11)20-10-17-9-18-20)16(23)19-4-5-24-8-13(19)7-15(21)22/h2-3,6,9-10,13H,4-5,7-8H2,1H3,(H,21,22)/t13-/m0/s1. The molecule has 1 fully saturated rings. The number of carbonyl (C=O) groups excluding carboxylic acids is 1. The molecule has 0 unspecified atom stereocenters. The van der Waals surface area contributed by atoms with E-state index in [-0.39, 0.29) is 18.9 Å². The van der Waals surface area contributed by atoms with E-state index in [2.05, 4.69) is 10.1 Å². The van der Waals surface area contributed by atoms with Crippen LogP contribution in [0.15, 0.2) is 30.9 Å². The molecule has 1 aliphatic heterocycles. The molecule has 2 aromatic rings. The lowest BCUT2D eigenvalue weighted by molar-refractivity contribution is -0.139. The summed E-state index contributed by atoms with van der Waals surface area (Å²) in [4.78, 5) is 29.3. The molecule has 1 saturated heterocycles. The molecule has 1 aromatic heterocycles. The molecule has 0 bridgehead atoms. The van der Waals surface area contributed by atoms with Gasteiger partial charge in [-0.25, -0.2) is 9.67 Å². The van der Waals surface area contributed by atoms with E-state index in [1.807, 2.05) is 13.0 Å². The van der Waals surface area contributed by atoms with Gasteiger partial charge in [-0.15, -0.1) is 0 Å². The van der Waals surface area contributed by atoms with Crippen molar-refractivity contribution in [3.63, 3.8) is 0 Å². The zero-order valence-electron chi connectivity index (χ0n) is 13.3. The highest BCUT2D eigenvalue weighted by molar-refractivity contribution is 5.95. The van der Waals surface area contributed by atoms with Crippen molar-refractivity contribution in [3.8, 4) is 5.69 Å². The number of hydrogen-bond donors (Lipinski definition) is 1. The molecule has 1 N–H and O–H groups in total. The first kappa shape index (κ1) is 16.1. The Balaban J connectivity index is 1.83. The van der Waals surface area contributed by atoms with Crippen LogP contribution in [0.2, 0.25) is 0 Å². The SMILES string of the molecule is Cc1cc(C(=O)N2CCOC[C@@H]2CC(=O)O)ccc1-n1cncn1. The molecular formula is C16H18N4O4. The normalized spacial score (nSPS) is 17.7. The van der Waals surface area contributed by atoms with Crippen LogP contribution >= 0.6 is 0 Å². The van der Waals surface area contributed by atoms with Gasteiger partial charge in [0.1, 0.15) is 12.7 Å². The van der Waals surface area contributed by atoms with Crippen molar-refractivity contribution in [2.45, 2.75) is 19.4 Å². The highest BCUT2D eigenvalue weighted by Crippen LogP contribution is 2.19. The fraction of sp³-hybridized carbons (Fsp3) is 0.375. The number of ether oxygens (including phenoxy) is 1. The largest absolute Gasteiger partial charge is 0.481 e. The van der Waals surface area contributed by atoms with Crippen molar-refractivity contribution in [1.82, 2.24) is 19.7 Å². The minimum Gasteiger partial charge on any atom is -0.481 e. The number of carboxylic acid groups (broad SMARTS) is 1. The lowest BCUT2D eigenvalue weighted by atomic mass is 10.1. The van der Waals surface area contributed by atoms with Crippen LogP contribution in [0.4, 0.5) is 0 Å². The summed E-state index contributed by atoms with van der Waals surface area (Å²) in [5.74, 6) is -1.13. The van der Waals surface area contributed by atoms with Crippen molar-refractivity contribution in [1.29, 1.82) is 0 Å². The van der Waals surface area contributed by atoms with Gasteiger partial charge in [-0.3, -0.25) is 9.59 Å². The van der Waals surface area contributed by atoms with Crippen molar-refractivity contribution < 1.29 is 19.4 Å². The van der Waals surface area contributed by atoms with Crippen LogP contribution in [0.3, 0.4) is 0 Å². The molecule has 3 rings (SSSR count). The number of morpholine rings is 1. The second-order valence-electron chi connectivity index (χ2n) is 5.67. The van der Waals surface area contributed by atoms with Crippen LogP contribution in [-0.2, 0) is 9.53 Å². The van der Waals surface area contributed by atoms with Crippen molar-refractivity contribution in [2.75, 3.05) is 19.8 Å². The second-order valence-corrected chi connectivity index (χ2v) is 5.67. The van der Waals surface area contributed by atoms with E-state index >= 15 is 0 Å². The van der Waals surface area contributed by atoms with Gasteiger partial charge < -0.3 is 14.7 Å². The summed E-state index contributed by atoms with van der Waals surface area (Å²) in [6.45, 7) is 2.94. The van der Waals surface area contributed by atoms with Gasteiger partial charge in [0.25, 0.3) is 5.91 Å². The first-order chi connectivity index (χ1) is 11.6. The van der Waals surface area contributed by atoms with E-state index in [0.717, 1.165) is 11.3 Å². The maximum absolute atomic E-state index is 12.8. The molecule has 1 amide bonds. The molecule has 1 aliphatic rings. The minimum atomic E-state index is -0.944. The minimum absolute atomic E-state index is 0.123. The third-order valence-corrected chi connectivity index (χ3v) is 4.01. The Labute approximate surface area is 138 Å². The van der Waals surface area contributed by atoms with Gasteiger partial charge >= 0.3 is 5.97 Å². The Morgan fingerprint density at radius 2 is 2.25 bits per heavy atom. The number of carboxylic acids is 1. The maximum Gasteiger partial charge on any atom is 0.305 e. The molecule has 0 saturated carbocycles. The quantitative estimate of drug-likeness (QED) is 0.894. The van der Waals surface area contributed by atoms with Crippen molar-refractivity contribution in [2.24, 2.45) is 0 Å². The monoisotopic (exact) mass is 330 g/mol. The Kier molecular flexibility index (Phi) is 4.57. The zero-order valence-corrected chi connectivity index (χ0v) is 13.3. The molecule has 0 aliphatic carbocycles. The van der Waals surface area contributed by atoms with Gasteiger partial charge in [0.15, 0.2) is 0 Å². The van der Waals surface area contributed by atoms with Crippen LogP contribution in [0.1, 0.15) is 22.3 Å². The number of nitrogens with zero attached hydrogens (tertiary/aromatic N) is 4. The Bertz CT molecular complexity index is 745.